The van der Waals surface area contributed by atoms with Crippen molar-refractivity contribution in [1.29, 1.82) is 0 Å². The van der Waals surface area contributed by atoms with Gasteiger partial charge in [0.05, 0.1) is 18.1 Å². The van der Waals surface area contributed by atoms with Gasteiger partial charge in [0.2, 0.25) is 0 Å². The Bertz CT molecular complexity index is 321. The van der Waals surface area contributed by atoms with Crippen molar-refractivity contribution in [3.05, 3.63) is 23.2 Å². The maximum atomic E-state index is 5.68. The van der Waals surface area contributed by atoms with Crippen LogP contribution in [0.4, 0.5) is 0 Å². The van der Waals surface area contributed by atoms with Crippen LogP contribution in [0.25, 0.3) is 0 Å². The zero-order valence-electron chi connectivity index (χ0n) is 9.15. The van der Waals surface area contributed by atoms with E-state index in [0.29, 0.717) is 11.2 Å². The molecule has 15 heavy (non-hydrogen) atoms. The number of hydrogen-bond acceptors (Lipinski definition) is 3. The molecule has 0 N–H and O–H groups in total. The Balaban J connectivity index is 1.92. The Morgan fingerprint density at radius 1 is 1.47 bits per heavy atom. The predicted molar refractivity (Wildman–Crippen MR) is 60.7 cm³/mol. The molecule has 3 nitrogen and oxygen atoms in total. The molecule has 0 radical (unpaired) electrons. The van der Waals surface area contributed by atoms with Gasteiger partial charge in [0.1, 0.15) is 5.15 Å². The van der Waals surface area contributed by atoms with Crippen LogP contribution in [-0.2, 0) is 6.54 Å². The molecule has 1 unspecified atom stereocenters. The number of halogens is 1. The van der Waals surface area contributed by atoms with E-state index >= 15 is 0 Å². The number of hydrogen-bond donors (Lipinski definition) is 0. The summed E-state index contributed by atoms with van der Waals surface area (Å²) in [6.07, 6.45) is 6.10. The molecular weight excluding hydrogens is 210 g/mol. The SMILES string of the molecule is CC(C1CC1)N(C)Cc1cnc(Cl)cn1. The number of aromatic nitrogens is 2. The number of nitrogens with zero attached hydrogens (tertiary/aromatic N) is 3. The first kappa shape index (κ1) is 10.8. The van der Waals surface area contributed by atoms with Gasteiger partial charge in [0, 0.05) is 12.6 Å². The van der Waals surface area contributed by atoms with Gasteiger partial charge in [-0.15, -0.1) is 0 Å². The summed E-state index contributed by atoms with van der Waals surface area (Å²) in [7, 11) is 2.14. The van der Waals surface area contributed by atoms with Crippen molar-refractivity contribution in [2.45, 2.75) is 32.4 Å². The molecule has 1 heterocycles. The van der Waals surface area contributed by atoms with Gasteiger partial charge in [-0.1, -0.05) is 11.6 Å². The second-order valence-electron chi connectivity index (χ2n) is 4.32. The Morgan fingerprint density at radius 3 is 2.73 bits per heavy atom. The van der Waals surface area contributed by atoms with Gasteiger partial charge in [-0.05, 0) is 32.7 Å². The van der Waals surface area contributed by atoms with Gasteiger partial charge in [-0.2, -0.15) is 0 Å². The third-order valence-corrected chi connectivity index (χ3v) is 3.28. The van der Waals surface area contributed by atoms with Gasteiger partial charge >= 0.3 is 0 Å². The van der Waals surface area contributed by atoms with Crippen molar-refractivity contribution in [3.8, 4) is 0 Å². The van der Waals surface area contributed by atoms with Crippen molar-refractivity contribution in [3.63, 3.8) is 0 Å². The van der Waals surface area contributed by atoms with E-state index in [0.717, 1.165) is 18.2 Å². The molecule has 0 aromatic carbocycles. The highest BCUT2D eigenvalue weighted by atomic mass is 35.5. The lowest BCUT2D eigenvalue weighted by Crippen LogP contribution is -2.30. The Hall–Kier alpha value is -0.670. The van der Waals surface area contributed by atoms with Crippen molar-refractivity contribution < 1.29 is 0 Å². The van der Waals surface area contributed by atoms with Crippen molar-refractivity contribution >= 4 is 11.6 Å². The summed E-state index contributed by atoms with van der Waals surface area (Å²) in [6.45, 7) is 3.13. The van der Waals surface area contributed by atoms with E-state index in [1.165, 1.54) is 12.8 Å². The van der Waals surface area contributed by atoms with Gasteiger partial charge < -0.3 is 0 Å². The molecule has 2 rings (SSSR count). The summed E-state index contributed by atoms with van der Waals surface area (Å²) in [5.74, 6) is 0.884. The van der Waals surface area contributed by atoms with Gasteiger partial charge in [0.15, 0.2) is 0 Å². The van der Waals surface area contributed by atoms with Crippen LogP contribution >= 0.6 is 11.6 Å². The van der Waals surface area contributed by atoms with Crippen molar-refractivity contribution in [2.24, 2.45) is 5.92 Å². The third-order valence-electron chi connectivity index (χ3n) is 3.08. The highest BCUT2D eigenvalue weighted by Crippen LogP contribution is 2.34. The van der Waals surface area contributed by atoms with E-state index in [2.05, 4.69) is 28.8 Å². The quantitative estimate of drug-likeness (QED) is 0.788. The molecule has 1 aliphatic carbocycles. The molecule has 1 aliphatic rings. The molecule has 82 valence electrons. The highest BCUT2D eigenvalue weighted by molar-refractivity contribution is 6.29. The van der Waals surface area contributed by atoms with Crippen LogP contribution in [0.2, 0.25) is 5.15 Å². The van der Waals surface area contributed by atoms with Crippen LogP contribution in [-0.4, -0.2) is 28.0 Å². The minimum Gasteiger partial charge on any atom is -0.298 e. The van der Waals surface area contributed by atoms with Crippen molar-refractivity contribution in [1.82, 2.24) is 14.9 Å². The second-order valence-corrected chi connectivity index (χ2v) is 4.71. The first-order valence-electron chi connectivity index (χ1n) is 5.33. The van der Waals surface area contributed by atoms with Crippen LogP contribution < -0.4 is 0 Å². The zero-order chi connectivity index (χ0) is 10.8. The first-order valence-corrected chi connectivity index (χ1v) is 5.71. The maximum Gasteiger partial charge on any atom is 0.147 e. The third kappa shape index (κ3) is 2.89. The summed E-state index contributed by atoms with van der Waals surface area (Å²) < 4.78 is 0. The minimum atomic E-state index is 0.455. The van der Waals surface area contributed by atoms with E-state index in [9.17, 15) is 0 Å². The number of rotatable bonds is 4. The Kier molecular flexibility index (Phi) is 3.22. The average Bonchev–Trinajstić information content (AvgIpc) is 3.04. The maximum absolute atomic E-state index is 5.68. The second kappa shape index (κ2) is 4.45. The lowest BCUT2D eigenvalue weighted by Gasteiger charge is -2.23. The molecule has 1 atom stereocenters. The molecule has 1 saturated carbocycles. The van der Waals surface area contributed by atoms with Gasteiger partial charge in [-0.25, -0.2) is 4.98 Å². The molecule has 0 aliphatic heterocycles. The topological polar surface area (TPSA) is 29.0 Å². The molecule has 4 heteroatoms. The summed E-state index contributed by atoms with van der Waals surface area (Å²) in [4.78, 5) is 10.6. The lowest BCUT2D eigenvalue weighted by molar-refractivity contribution is 0.224. The van der Waals surface area contributed by atoms with Gasteiger partial charge in [0.25, 0.3) is 0 Å². The lowest BCUT2D eigenvalue weighted by atomic mass is 10.2. The fraction of sp³-hybridized carbons (Fsp3) is 0.636. The average molecular weight is 226 g/mol. The molecular formula is C11H16ClN3. The molecule has 0 amide bonds. The van der Waals surface area contributed by atoms with Crippen LogP contribution in [0.3, 0.4) is 0 Å². The molecule has 1 aromatic heterocycles. The first-order chi connectivity index (χ1) is 7.16. The fourth-order valence-corrected chi connectivity index (χ4v) is 1.86. The van der Waals surface area contributed by atoms with E-state index in [4.69, 9.17) is 11.6 Å². The predicted octanol–water partition coefficient (Wildman–Crippen LogP) is 2.36. The highest BCUT2D eigenvalue weighted by Gasteiger charge is 2.30. The minimum absolute atomic E-state index is 0.455. The monoisotopic (exact) mass is 225 g/mol. The van der Waals surface area contributed by atoms with Crippen LogP contribution in [0.5, 0.6) is 0 Å². The summed E-state index contributed by atoms with van der Waals surface area (Å²) >= 11 is 5.68. The Morgan fingerprint density at radius 2 is 2.20 bits per heavy atom. The van der Waals surface area contributed by atoms with E-state index < -0.39 is 0 Å². The smallest absolute Gasteiger partial charge is 0.147 e. The van der Waals surface area contributed by atoms with Gasteiger partial charge in [-0.3, -0.25) is 9.88 Å². The summed E-state index contributed by atoms with van der Waals surface area (Å²) in [6, 6.07) is 0.641. The fourth-order valence-electron chi connectivity index (χ4n) is 1.76. The van der Waals surface area contributed by atoms with E-state index in [1.807, 2.05) is 0 Å². The molecule has 0 bridgehead atoms. The van der Waals surface area contributed by atoms with E-state index in [1.54, 1.807) is 12.4 Å². The normalized spacial score (nSPS) is 18.1. The van der Waals surface area contributed by atoms with Crippen LogP contribution in [0.1, 0.15) is 25.5 Å². The summed E-state index contributed by atoms with van der Waals surface area (Å²) in [5.41, 5.74) is 0.981. The van der Waals surface area contributed by atoms with Crippen molar-refractivity contribution in [2.75, 3.05) is 7.05 Å². The summed E-state index contributed by atoms with van der Waals surface area (Å²) in [5, 5.41) is 0.455. The van der Waals surface area contributed by atoms with Crippen LogP contribution in [0.15, 0.2) is 12.4 Å². The molecule has 0 saturated heterocycles. The standard InChI is InChI=1S/C11H16ClN3/c1-8(9-3-4-9)15(2)7-10-5-14-11(12)6-13-10/h5-6,8-9H,3-4,7H2,1-2H3. The largest absolute Gasteiger partial charge is 0.298 e. The van der Waals surface area contributed by atoms with Crippen LogP contribution in [0, 0.1) is 5.92 Å². The zero-order valence-corrected chi connectivity index (χ0v) is 9.91. The van der Waals surface area contributed by atoms with E-state index in [-0.39, 0.29) is 0 Å². The molecule has 1 fully saturated rings. The Labute approximate surface area is 95.5 Å². The molecule has 0 spiro atoms. The molecule has 1 aromatic rings.